The summed E-state index contributed by atoms with van der Waals surface area (Å²) in [6, 6.07) is 3.48. The molecule has 0 amide bonds. The number of rotatable bonds is 0. The van der Waals surface area contributed by atoms with Gasteiger partial charge in [0.1, 0.15) is 0 Å². The molecule has 0 aliphatic rings. The SMILES string of the molecule is Clc1ccncc1.[Br-].[Br-].[Mg+2]. The topological polar surface area (TPSA) is 12.9 Å². The van der Waals surface area contributed by atoms with Gasteiger partial charge in [0.25, 0.3) is 0 Å². The van der Waals surface area contributed by atoms with Crippen molar-refractivity contribution < 1.29 is 34.0 Å². The molecule has 0 saturated heterocycles. The summed E-state index contributed by atoms with van der Waals surface area (Å²) in [6.07, 6.45) is 3.31. The van der Waals surface area contributed by atoms with Crippen molar-refractivity contribution in [3.05, 3.63) is 29.5 Å². The molecule has 1 nitrogen and oxygen atoms in total. The summed E-state index contributed by atoms with van der Waals surface area (Å²) < 4.78 is 0. The van der Waals surface area contributed by atoms with Crippen LogP contribution in [-0.4, -0.2) is 28.0 Å². The van der Waals surface area contributed by atoms with Crippen LogP contribution in [0.5, 0.6) is 0 Å². The first-order chi connectivity index (χ1) is 3.39. The van der Waals surface area contributed by atoms with E-state index >= 15 is 0 Å². The number of aromatic nitrogens is 1. The van der Waals surface area contributed by atoms with Crippen molar-refractivity contribution in [2.45, 2.75) is 0 Å². The third kappa shape index (κ3) is 7.28. The zero-order chi connectivity index (χ0) is 5.11. The van der Waals surface area contributed by atoms with Gasteiger partial charge in [-0.1, -0.05) is 11.6 Å². The predicted molar refractivity (Wildman–Crippen MR) is 35.0 cm³/mol. The van der Waals surface area contributed by atoms with Crippen molar-refractivity contribution in [2.75, 3.05) is 0 Å². The van der Waals surface area contributed by atoms with Crippen LogP contribution >= 0.6 is 11.6 Å². The molecule has 0 atom stereocenters. The molecule has 0 aliphatic heterocycles. The van der Waals surface area contributed by atoms with E-state index in [0.717, 1.165) is 5.02 Å². The molecule has 1 heterocycles. The molecule has 0 aliphatic carbocycles. The second-order valence-electron chi connectivity index (χ2n) is 1.17. The molecular weight excluding hydrogens is 294 g/mol. The summed E-state index contributed by atoms with van der Waals surface area (Å²) in [5.74, 6) is 0. The monoisotopic (exact) mass is 295 g/mol. The first kappa shape index (κ1) is 17.3. The number of hydrogen-bond donors (Lipinski definition) is 0. The molecule has 0 unspecified atom stereocenters. The third-order valence-corrected chi connectivity index (χ3v) is 0.892. The predicted octanol–water partition coefficient (Wildman–Crippen LogP) is -4.64. The van der Waals surface area contributed by atoms with Crippen LogP contribution in [0.3, 0.4) is 0 Å². The number of nitrogens with zero attached hydrogens (tertiary/aromatic N) is 1. The molecule has 0 fully saturated rings. The Morgan fingerprint density at radius 1 is 1.10 bits per heavy atom. The molecular formula is C5H4Br2ClMgN. The van der Waals surface area contributed by atoms with Crippen molar-refractivity contribution in [2.24, 2.45) is 0 Å². The summed E-state index contributed by atoms with van der Waals surface area (Å²) in [4.78, 5) is 3.76. The fourth-order valence-electron chi connectivity index (χ4n) is 0.334. The fraction of sp³-hybridized carbons (Fsp3) is 0. The molecule has 1 aromatic rings. The van der Waals surface area contributed by atoms with Crippen molar-refractivity contribution in [3.8, 4) is 0 Å². The first-order valence-corrected chi connectivity index (χ1v) is 2.33. The van der Waals surface area contributed by atoms with Gasteiger partial charge in [0.2, 0.25) is 0 Å². The van der Waals surface area contributed by atoms with E-state index in [1.54, 1.807) is 24.5 Å². The van der Waals surface area contributed by atoms with E-state index in [2.05, 4.69) is 4.98 Å². The van der Waals surface area contributed by atoms with Gasteiger partial charge in [0.05, 0.1) is 0 Å². The number of halogens is 3. The van der Waals surface area contributed by atoms with E-state index in [1.807, 2.05) is 0 Å². The normalized spacial score (nSPS) is 6.10. The molecule has 10 heavy (non-hydrogen) atoms. The van der Waals surface area contributed by atoms with Crippen LogP contribution in [-0.2, 0) is 0 Å². The maximum Gasteiger partial charge on any atom is 2.00 e. The Kier molecular flexibility index (Phi) is 17.6. The summed E-state index contributed by atoms with van der Waals surface area (Å²) in [5, 5.41) is 0.731. The second-order valence-corrected chi connectivity index (χ2v) is 1.60. The smallest absolute Gasteiger partial charge is 1.00 e. The minimum Gasteiger partial charge on any atom is -1.00 e. The third-order valence-electron chi connectivity index (χ3n) is 0.640. The zero-order valence-corrected chi connectivity index (χ0v) is 10.4. The van der Waals surface area contributed by atoms with Gasteiger partial charge in [-0.3, -0.25) is 4.98 Å². The Balaban J connectivity index is -0.000000163. The van der Waals surface area contributed by atoms with Crippen LogP contribution in [0, 0.1) is 0 Å². The quantitative estimate of drug-likeness (QED) is 0.439. The minimum atomic E-state index is 0. The molecule has 0 aromatic carbocycles. The Labute approximate surface area is 102 Å². The summed E-state index contributed by atoms with van der Waals surface area (Å²) in [5.41, 5.74) is 0. The fourth-order valence-corrected chi connectivity index (χ4v) is 0.446. The number of pyridine rings is 1. The average Bonchev–Trinajstić information content (AvgIpc) is 1.69. The molecule has 0 radical (unpaired) electrons. The van der Waals surface area contributed by atoms with Crippen LogP contribution in [0.1, 0.15) is 0 Å². The van der Waals surface area contributed by atoms with Gasteiger partial charge in [0, 0.05) is 17.4 Å². The van der Waals surface area contributed by atoms with Crippen LogP contribution in [0.25, 0.3) is 0 Å². The zero-order valence-electron chi connectivity index (χ0n) is 5.10. The van der Waals surface area contributed by atoms with Crippen molar-refractivity contribution in [1.82, 2.24) is 4.98 Å². The minimum absolute atomic E-state index is 0. The van der Waals surface area contributed by atoms with E-state index in [0.29, 0.717) is 0 Å². The molecule has 0 N–H and O–H groups in total. The van der Waals surface area contributed by atoms with Gasteiger partial charge in [-0.15, -0.1) is 0 Å². The van der Waals surface area contributed by atoms with Gasteiger partial charge in [-0.25, -0.2) is 0 Å². The van der Waals surface area contributed by atoms with Crippen LogP contribution in [0.15, 0.2) is 24.5 Å². The van der Waals surface area contributed by atoms with E-state index in [9.17, 15) is 0 Å². The van der Waals surface area contributed by atoms with Crippen LogP contribution < -0.4 is 34.0 Å². The largest absolute Gasteiger partial charge is 2.00 e. The molecule has 52 valence electrons. The van der Waals surface area contributed by atoms with E-state index in [1.165, 1.54) is 0 Å². The molecule has 1 rings (SSSR count). The van der Waals surface area contributed by atoms with Crippen molar-refractivity contribution in [1.29, 1.82) is 0 Å². The van der Waals surface area contributed by atoms with Crippen molar-refractivity contribution in [3.63, 3.8) is 0 Å². The second kappa shape index (κ2) is 10.2. The molecule has 5 heteroatoms. The van der Waals surface area contributed by atoms with Crippen molar-refractivity contribution >= 4 is 34.7 Å². The van der Waals surface area contributed by atoms with Crippen LogP contribution in [0.4, 0.5) is 0 Å². The Morgan fingerprint density at radius 3 is 1.70 bits per heavy atom. The Bertz CT molecular complexity index is 150. The summed E-state index contributed by atoms with van der Waals surface area (Å²) >= 11 is 5.50. The average molecular weight is 298 g/mol. The van der Waals surface area contributed by atoms with Gasteiger partial charge in [-0.2, -0.15) is 0 Å². The summed E-state index contributed by atoms with van der Waals surface area (Å²) in [7, 11) is 0. The maximum absolute atomic E-state index is 5.50. The first-order valence-electron chi connectivity index (χ1n) is 1.95. The van der Waals surface area contributed by atoms with Gasteiger partial charge >= 0.3 is 23.1 Å². The standard InChI is InChI=1S/C5H4ClN.2BrH.Mg/c6-5-1-3-7-4-2-5;;;/h1-4H;2*1H;/q;;;+2/p-2. The molecule has 0 saturated carbocycles. The van der Waals surface area contributed by atoms with Gasteiger partial charge in [-0.05, 0) is 12.1 Å². The number of hydrogen-bond acceptors (Lipinski definition) is 1. The Hall–Kier alpha value is 1.17. The van der Waals surface area contributed by atoms with E-state index < -0.39 is 0 Å². The van der Waals surface area contributed by atoms with E-state index in [-0.39, 0.29) is 57.0 Å². The van der Waals surface area contributed by atoms with Gasteiger partial charge in [0.15, 0.2) is 0 Å². The Morgan fingerprint density at radius 2 is 1.50 bits per heavy atom. The van der Waals surface area contributed by atoms with Crippen LogP contribution in [0.2, 0.25) is 5.02 Å². The molecule has 1 aromatic heterocycles. The molecule has 0 bridgehead atoms. The van der Waals surface area contributed by atoms with E-state index in [4.69, 9.17) is 11.6 Å². The maximum atomic E-state index is 5.50. The van der Waals surface area contributed by atoms with Gasteiger partial charge < -0.3 is 34.0 Å². The molecule has 0 spiro atoms. The summed E-state index contributed by atoms with van der Waals surface area (Å²) in [6.45, 7) is 0.